The lowest BCUT2D eigenvalue weighted by Gasteiger charge is -2.22. The van der Waals surface area contributed by atoms with Crippen LogP contribution in [-0.2, 0) is 0 Å². The fourth-order valence-electron chi connectivity index (χ4n) is 1.46. The van der Waals surface area contributed by atoms with E-state index in [1.54, 1.807) is 0 Å². The number of rotatable bonds is 8. The molecule has 1 N–H and O–H groups in total. The van der Waals surface area contributed by atoms with Crippen LogP contribution < -0.4 is 5.32 Å². The van der Waals surface area contributed by atoms with Crippen LogP contribution >= 0.6 is 11.8 Å². The molecule has 3 heteroatoms. The quantitative estimate of drug-likeness (QED) is 0.646. The van der Waals surface area contributed by atoms with E-state index in [-0.39, 0.29) is 5.54 Å². The Morgan fingerprint density at radius 3 is 2.73 bits per heavy atom. The van der Waals surface area contributed by atoms with Crippen molar-refractivity contribution in [2.24, 2.45) is 0 Å². The molecule has 1 rings (SSSR count). The van der Waals surface area contributed by atoms with E-state index in [9.17, 15) is 0 Å². The first-order chi connectivity index (χ1) is 7.20. The normalized spacial score (nSPS) is 19.5. The molecule has 15 heavy (non-hydrogen) atoms. The summed E-state index contributed by atoms with van der Waals surface area (Å²) in [6.45, 7) is 4.25. The van der Waals surface area contributed by atoms with Gasteiger partial charge in [-0.3, -0.25) is 5.32 Å². The van der Waals surface area contributed by atoms with Gasteiger partial charge < -0.3 is 0 Å². The molecule has 1 aliphatic rings. The predicted octanol–water partition coefficient (Wildman–Crippen LogP) is 2.94. The van der Waals surface area contributed by atoms with Crippen molar-refractivity contribution in [3.63, 3.8) is 0 Å². The molecule has 0 aromatic rings. The molecule has 0 aromatic carbocycles. The van der Waals surface area contributed by atoms with Crippen LogP contribution in [0.15, 0.2) is 0 Å². The summed E-state index contributed by atoms with van der Waals surface area (Å²) in [4.78, 5) is 0. The van der Waals surface area contributed by atoms with Crippen molar-refractivity contribution in [2.75, 3.05) is 11.5 Å². The van der Waals surface area contributed by atoms with Crippen molar-refractivity contribution < 1.29 is 0 Å². The number of hydrogen-bond acceptors (Lipinski definition) is 3. The van der Waals surface area contributed by atoms with Gasteiger partial charge in [-0.25, -0.2) is 0 Å². The van der Waals surface area contributed by atoms with Crippen molar-refractivity contribution >= 4 is 11.8 Å². The van der Waals surface area contributed by atoms with Gasteiger partial charge in [0.1, 0.15) is 5.54 Å². The first kappa shape index (κ1) is 12.9. The van der Waals surface area contributed by atoms with Gasteiger partial charge in [0, 0.05) is 6.04 Å². The van der Waals surface area contributed by atoms with Crippen molar-refractivity contribution in [1.29, 1.82) is 5.26 Å². The smallest absolute Gasteiger partial charge is 0.104 e. The summed E-state index contributed by atoms with van der Waals surface area (Å²) < 4.78 is 0. The fraction of sp³-hybridized carbons (Fsp3) is 0.917. The third-order valence-electron chi connectivity index (χ3n) is 2.74. The lowest BCUT2D eigenvalue weighted by Crippen LogP contribution is -2.42. The van der Waals surface area contributed by atoms with E-state index in [1.165, 1.54) is 31.4 Å². The molecule has 1 atom stereocenters. The summed E-state index contributed by atoms with van der Waals surface area (Å²) in [5, 5.41) is 12.6. The molecule has 86 valence electrons. The summed E-state index contributed by atoms with van der Waals surface area (Å²) in [6, 6.07) is 3.04. The van der Waals surface area contributed by atoms with Gasteiger partial charge in [0.05, 0.1) is 6.07 Å². The molecule has 1 saturated carbocycles. The van der Waals surface area contributed by atoms with Gasteiger partial charge in [0.2, 0.25) is 0 Å². The Kier molecular flexibility index (Phi) is 5.49. The maximum Gasteiger partial charge on any atom is 0.104 e. The SMILES string of the molecule is CCCCSCCC(C)(C#N)NC1CC1. The predicted molar refractivity (Wildman–Crippen MR) is 67.0 cm³/mol. The Labute approximate surface area is 97.8 Å². The summed E-state index contributed by atoms with van der Waals surface area (Å²) >= 11 is 1.98. The highest BCUT2D eigenvalue weighted by Crippen LogP contribution is 2.24. The number of nitrogens with one attached hydrogen (secondary N) is 1. The van der Waals surface area contributed by atoms with E-state index in [2.05, 4.69) is 18.3 Å². The molecule has 0 bridgehead atoms. The van der Waals surface area contributed by atoms with E-state index >= 15 is 0 Å². The largest absolute Gasteiger partial charge is 0.297 e. The first-order valence-corrected chi connectivity index (χ1v) is 7.12. The third kappa shape index (κ3) is 5.44. The molecule has 1 fully saturated rings. The van der Waals surface area contributed by atoms with Crippen LogP contribution in [0, 0.1) is 11.3 Å². The molecule has 0 heterocycles. The van der Waals surface area contributed by atoms with Gasteiger partial charge in [-0.05, 0) is 44.1 Å². The summed E-state index contributed by atoms with van der Waals surface area (Å²) in [5.41, 5.74) is -0.291. The van der Waals surface area contributed by atoms with Gasteiger partial charge in [-0.1, -0.05) is 13.3 Å². The number of thioether (sulfide) groups is 1. The van der Waals surface area contributed by atoms with E-state index < -0.39 is 0 Å². The highest BCUT2D eigenvalue weighted by Gasteiger charge is 2.31. The lowest BCUT2D eigenvalue weighted by molar-refractivity contribution is 0.433. The zero-order chi connectivity index (χ0) is 11.1. The minimum Gasteiger partial charge on any atom is -0.297 e. The first-order valence-electron chi connectivity index (χ1n) is 5.97. The van der Waals surface area contributed by atoms with Crippen LogP contribution in [0.1, 0.15) is 46.0 Å². The Hall–Kier alpha value is -0.200. The van der Waals surface area contributed by atoms with Crippen molar-refractivity contribution in [3.05, 3.63) is 0 Å². The molecular weight excluding hydrogens is 204 g/mol. The van der Waals surface area contributed by atoms with Crippen LogP contribution in [-0.4, -0.2) is 23.1 Å². The minimum absolute atomic E-state index is 0.291. The van der Waals surface area contributed by atoms with E-state index in [4.69, 9.17) is 5.26 Å². The topological polar surface area (TPSA) is 35.8 Å². The van der Waals surface area contributed by atoms with Crippen LogP contribution in [0.3, 0.4) is 0 Å². The van der Waals surface area contributed by atoms with Crippen molar-refractivity contribution in [1.82, 2.24) is 5.32 Å². The van der Waals surface area contributed by atoms with Crippen molar-refractivity contribution in [2.45, 2.75) is 57.5 Å². The Balaban J connectivity index is 2.12. The van der Waals surface area contributed by atoms with Crippen LogP contribution in [0.2, 0.25) is 0 Å². The molecule has 2 nitrogen and oxygen atoms in total. The Bertz CT molecular complexity index is 220. The van der Waals surface area contributed by atoms with Crippen LogP contribution in [0.4, 0.5) is 0 Å². The summed E-state index contributed by atoms with van der Waals surface area (Å²) in [6.07, 6.45) is 6.03. The number of nitriles is 1. The fourth-order valence-corrected chi connectivity index (χ4v) is 2.71. The molecule has 0 saturated heterocycles. The molecule has 0 aromatic heterocycles. The van der Waals surface area contributed by atoms with Gasteiger partial charge in [-0.15, -0.1) is 0 Å². The summed E-state index contributed by atoms with van der Waals surface area (Å²) in [7, 11) is 0. The molecule has 1 unspecified atom stereocenters. The Morgan fingerprint density at radius 2 is 2.20 bits per heavy atom. The van der Waals surface area contributed by atoms with Crippen molar-refractivity contribution in [3.8, 4) is 6.07 Å². The zero-order valence-corrected chi connectivity index (χ0v) is 10.7. The average molecular weight is 226 g/mol. The molecule has 0 radical (unpaired) electrons. The maximum absolute atomic E-state index is 9.14. The second kappa shape index (κ2) is 6.40. The number of hydrogen-bond donors (Lipinski definition) is 1. The van der Waals surface area contributed by atoms with Gasteiger partial charge in [0.25, 0.3) is 0 Å². The molecule has 0 aliphatic heterocycles. The third-order valence-corrected chi connectivity index (χ3v) is 3.81. The molecular formula is C12H22N2S. The number of nitrogens with zero attached hydrogens (tertiary/aromatic N) is 1. The van der Waals surface area contributed by atoms with Crippen LogP contribution in [0.25, 0.3) is 0 Å². The van der Waals surface area contributed by atoms with Crippen LogP contribution in [0.5, 0.6) is 0 Å². The second-order valence-corrected chi connectivity index (χ2v) is 5.80. The van der Waals surface area contributed by atoms with E-state index in [1.807, 2.05) is 18.7 Å². The maximum atomic E-state index is 9.14. The van der Waals surface area contributed by atoms with Gasteiger partial charge >= 0.3 is 0 Å². The summed E-state index contributed by atoms with van der Waals surface area (Å²) in [5.74, 6) is 2.34. The monoisotopic (exact) mass is 226 g/mol. The Morgan fingerprint density at radius 1 is 1.47 bits per heavy atom. The lowest BCUT2D eigenvalue weighted by atomic mass is 10.0. The molecule has 0 spiro atoms. The van der Waals surface area contributed by atoms with E-state index in [0.29, 0.717) is 6.04 Å². The van der Waals surface area contributed by atoms with E-state index in [0.717, 1.165) is 12.2 Å². The average Bonchev–Trinajstić information content (AvgIpc) is 3.01. The van der Waals surface area contributed by atoms with Gasteiger partial charge in [0.15, 0.2) is 0 Å². The molecule has 1 aliphatic carbocycles. The highest BCUT2D eigenvalue weighted by atomic mass is 32.2. The van der Waals surface area contributed by atoms with Gasteiger partial charge in [-0.2, -0.15) is 17.0 Å². The minimum atomic E-state index is -0.291. The zero-order valence-electron chi connectivity index (χ0n) is 9.88. The molecule has 0 amide bonds. The second-order valence-electron chi connectivity index (χ2n) is 4.58. The standard InChI is InChI=1S/C12H22N2S/c1-3-4-8-15-9-7-12(2,10-13)14-11-5-6-11/h11,14H,3-9H2,1-2H3. The number of unbranched alkanes of at least 4 members (excludes halogenated alkanes) is 1. The highest BCUT2D eigenvalue weighted by molar-refractivity contribution is 7.99.